The fourth-order valence-electron chi connectivity index (χ4n) is 1.94. The van der Waals surface area contributed by atoms with Crippen molar-refractivity contribution >= 4 is 5.91 Å². The number of hydrogen-bond acceptors (Lipinski definition) is 3. The van der Waals surface area contributed by atoms with Crippen LogP contribution < -0.4 is 5.32 Å². The van der Waals surface area contributed by atoms with Crippen molar-refractivity contribution in [2.75, 3.05) is 19.8 Å². The molecular weight excluding hydrogens is 266 g/mol. The Morgan fingerprint density at radius 3 is 2.05 bits per heavy atom. The molecule has 0 atom stereocenters. The van der Waals surface area contributed by atoms with Crippen molar-refractivity contribution in [3.8, 4) is 0 Å². The largest absolute Gasteiger partial charge is 0.351 e. The molecule has 0 unspecified atom stereocenters. The molecule has 0 saturated carbocycles. The van der Waals surface area contributed by atoms with Crippen LogP contribution in [0.15, 0.2) is 24.3 Å². The van der Waals surface area contributed by atoms with Crippen LogP contribution in [-0.2, 0) is 14.9 Å². The summed E-state index contributed by atoms with van der Waals surface area (Å²) in [6, 6.07) is 7.70. The van der Waals surface area contributed by atoms with Crippen molar-refractivity contribution in [3.63, 3.8) is 0 Å². The number of benzene rings is 1. The molecule has 0 bridgehead atoms. The number of ether oxygens (including phenoxy) is 2. The van der Waals surface area contributed by atoms with Gasteiger partial charge in [-0.2, -0.15) is 0 Å². The minimum Gasteiger partial charge on any atom is -0.351 e. The molecule has 1 N–H and O–H groups in total. The van der Waals surface area contributed by atoms with Gasteiger partial charge in [0.05, 0.1) is 6.54 Å². The Bertz CT molecular complexity index is 428. The molecule has 0 fully saturated rings. The molecule has 0 aliphatic heterocycles. The first-order valence-electron chi connectivity index (χ1n) is 7.50. The Kier molecular flexibility index (Phi) is 6.85. The monoisotopic (exact) mass is 293 g/mol. The Morgan fingerprint density at radius 1 is 1.10 bits per heavy atom. The van der Waals surface area contributed by atoms with Gasteiger partial charge in [-0.05, 0) is 37.0 Å². The third-order valence-corrected chi connectivity index (χ3v) is 3.15. The molecular formula is C17H27NO3. The van der Waals surface area contributed by atoms with Gasteiger partial charge in [-0.25, -0.2) is 0 Å². The number of nitrogens with one attached hydrogen (secondary N) is 1. The maximum Gasteiger partial charge on any atom is 0.251 e. The van der Waals surface area contributed by atoms with E-state index in [1.165, 1.54) is 5.56 Å². The fraction of sp³-hybridized carbons (Fsp3) is 0.588. The van der Waals surface area contributed by atoms with Crippen LogP contribution in [0.5, 0.6) is 0 Å². The molecule has 0 radical (unpaired) electrons. The maximum absolute atomic E-state index is 12.1. The summed E-state index contributed by atoms with van der Waals surface area (Å²) in [5, 5.41) is 2.84. The molecule has 0 heterocycles. The van der Waals surface area contributed by atoms with Crippen LogP contribution in [0.25, 0.3) is 0 Å². The van der Waals surface area contributed by atoms with Gasteiger partial charge in [-0.3, -0.25) is 4.79 Å². The standard InChI is InChI=1S/C17H27NO3/c1-6-20-15(21-7-2)12-18-16(19)13-8-10-14(11-9-13)17(3,4)5/h8-11,15H,6-7,12H2,1-5H3,(H,18,19). The van der Waals surface area contributed by atoms with E-state index >= 15 is 0 Å². The van der Waals surface area contributed by atoms with Crippen LogP contribution in [0.1, 0.15) is 50.5 Å². The van der Waals surface area contributed by atoms with Crippen molar-refractivity contribution in [1.82, 2.24) is 5.32 Å². The Balaban J connectivity index is 2.59. The summed E-state index contributed by atoms with van der Waals surface area (Å²) in [7, 11) is 0. The van der Waals surface area contributed by atoms with Crippen LogP contribution in [0.2, 0.25) is 0 Å². The minimum atomic E-state index is -0.391. The van der Waals surface area contributed by atoms with Crippen LogP contribution in [-0.4, -0.2) is 32.0 Å². The molecule has 1 rings (SSSR count). The lowest BCUT2D eigenvalue weighted by Crippen LogP contribution is -2.35. The molecule has 4 heteroatoms. The van der Waals surface area contributed by atoms with Crippen molar-refractivity contribution in [2.45, 2.75) is 46.3 Å². The van der Waals surface area contributed by atoms with E-state index in [2.05, 4.69) is 26.1 Å². The number of amides is 1. The molecule has 118 valence electrons. The van der Waals surface area contributed by atoms with E-state index < -0.39 is 6.29 Å². The first-order valence-corrected chi connectivity index (χ1v) is 7.50. The number of carbonyl (C=O) groups is 1. The summed E-state index contributed by atoms with van der Waals surface area (Å²) in [6.45, 7) is 11.7. The highest BCUT2D eigenvalue weighted by atomic mass is 16.7. The summed E-state index contributed by atoms with van der Waals surface area (Å²) in [5.41, 5.74) is 1.94. The number of hydrogen-bond donors (Lipinski definition) is 1. The van der Waals surface area contributed by atoms with E-state index in [1.54, 1.807) is 0 Å². The van der Waals surface area contributed by atoms with Gasteiger partial charge >= 0.3 is 0 Å². The Hall–Kier alpha value is -1.39. The highest BCUT2D eigenvalue weighted by Crippen LogP contribution is 2.22. The quantitative estimate of drug-likeness (QED) is 0.786. The highest BCUT2D eigenvalue weighted by Gasteiger charge is 2.15. The molecule has 0 saturated heterocycles. The van der Waals surface area contributed by atoms with Gasteiger partial charge in [0, 0.05) is 18.8 Å². The zero-order valence-corrected chi connectivity index (χ0v) is 13.7. The summed E-state index contributed by atoms with van der Waals surface area (Å²) < 4.78 is 10.8. The average molecular weight is 293 g/mol. The Labute approximate surface area is 127 Å². The highest BCUT2D eigenvalue weighted by molar-refractivity contribution is 5.94. The van der Waals surface area contributed by atoms with Crippen LogP contribution >= 0.6 is 0 Å². The smallest absolute Gasteiger partial charge is 0.251 e. The zero-order valence-electron chi connectivity index (χ0n) is 13.7. The first-order chi connectivity index (χ1) is 9.88. The lowest BCUT2D eigenvalue weighted by atomic mass is 9.87. The molecule has 1 amide bonds. The topological polar surface area (TPSA) is 47.6 Å². The fourth-order valence-corrected chi connectivity index (χ4v) is 1.94. The lowest BCUT2D eigenvalue weighted by molar-refractivity contribution is -0.131. The Morgan fingerprint density at radius 2 is 1.62 bits per heavy atom. The summed E-state index contributed by atoms with van der Waals surface area (Å²) in [4.78, 5) is 12.1. The second-order valence-corrected chi connectivity index (χ2v) is 5.88. The van der Waals surface area contributed by atoms with E-state index in [0.29, 0.717) is 25.3 Å². The second-order valence-electron chi connectivity index (χ2n) is 5.88. The predicted molar refractivity (Wildman–Crippen MR) is 84.5 cm³/mol. The van der Waals surface area contributed by atoms with Crippen molar-refractivity contribution in [3.05, 3.63) is 35.4 Å². The zero-order chi connectivity index (χ0) is 15.9. The molecule has 0 aromatic heterocycles. The molecule has 21 heavy (non-hydrogen) atoms. The van der Waals surface area contributed by atoms with E-state index in [1.807, 2.05) is 38.1 Å². The van der Waals surface area contributed by atoms with Gasteiger partial charge in [0.25, 0.3) is 5.91 Å². The minimum absolute atomic E-state index is 0.0873. The van der Waals surface area contributed by atoms with Crippen molar-refractivity contribution in [2.24, 2.45) is 0 Å². The van der Waals surface area contributed by atoms with E-state index in [4.69, 9.17) is 9.47 Å². The van der Waals surface area contributed by atoms with Crippen molar-refractivity contribution < 1.29 is 14.3 Å². The number of carbonyl (C=O) groups excluding carboxylic acids is 1. The molecule has 0 aliphatic carbocycles. The normalized spacial score (nSPS) is 11.7. The molecule has 0 aliphatic rings. The van der Waals surface area contributed by atoms with Gasteiger partial charge < -0.3 is 14.8 Å². The average Bonchev–Trinajstić information content (AvgIpc) is 2.44. The van der Waals surface area contributed by atoms with E-state index in [9.17, 15) is 4.79 Å². The van der Waals surface area contributed by atoms with Gasteiger partial charge in [0.1, 0.15) is 0 Å². The van der Waals surface area contributed by atoms with Crippen molar-refractivity contribution in [1.29, 1.82) is 0 Å². The second kappa shape index (κ2) is 8.15. The molecule has 0 spiro atoms. The van der Waals surface area contributed by atoms with Crippen LogP contribution in [0.4, 0.5) is 0 Å². The predicted octanol–water partition coefficient (Wildman–Crippen LogP) is 3.11. The third-order valence-electron chi connectivity index (χ3n) is 3.15. The molecule has 1 aromatic rings. The molecule has 4 nitrogen and oxygen atoms in total. The first kappa shape index (κ1) is 17.7. The van der Waals surface area contributed by atoms with Crippen LogP contribution in [0, 0.1) is 0 Å². The maximum atomic E-state index is 12.1. The SMILES string of the molecule is CCOC(CNC(=O)c1ccc(C(C)(C)C)cc1)OCC. The summed E-state index contributed by atoms with van der Waals surface area (Å²) >= 11 is 0. The van der Waals surface area contributed by atoms with Gasteiger partial charge in [0.15, 0.2) is 6.29 Å². The van der Waals surface area contributed by atoms with Gasteiger partial charge in [-0.15, -0.1) is 0 Å². The number of rotatable bonds is 7. The van der Waals surface area contributed by atoms with Gasteiger partial charge in [-0.1, -0.05) is 32.9 Å². The summed E-state index contributed by atoms with van der Waals surface area (Å²) in [6.07, 6.45) is -0.391. The summed E-state index contributed by atoms with van der Waals surface area (Å²) in [5.74, 6) is -0.111. The lowest BCUT2D eigenvalue weighted by Gasteiger charge is -2.19. The third kappa shape index (κ3) is 5.86. The molecule has 1 aromatic carbocycles. The van der Waals surface area contributed by atoms with Gasteiger partial charge in [0.2, 0.25) is 0 Å². The van der Waals surface area contributed by atoms with E-state index in [0.717, 1.165) is 0 Å². The van der Waals surface area contributed by atoms with Crippen LogP contribution in [0.3, 0.4) is 0 Å². The van der Waals surface area contributed by atoms with E-state index in [-0.39, 0.29) is 11.3 Å².